The number of rotatable bonds is 6. The molecule has 1 saturated heterocycles. The van der Waals surface area contributed by atoms with E-state index in [2.05, 4.69) is 0 Å². The highest BCUT2D eigenvalue weighted by Gasteiger charge is 2.34. The zero-order valence-corrected chi connectivity index (χ0v) is 19.2. The molecule has 32 heavy (non-hydrogen) atoms. The number of thiophene rings is 1. The van der Waals surface area contributed by atoms with E-state index in [1.807, 2.05) is 29.6 Å². The molecule has 2 heterocycles. The molecule has 7 nitrogen and oxygen atoms in total. The van der Waals surface area contributed by atoms with E-state index in [1.165, 1.54) is 23.5 Å². The molecular weight excluding hydrogens is 450 g/mol. The van der Waals surface area contributed by atoms with Gasteiger partial charge in [0.1, 0.15) is 6.61 Å². The molecule has 0 amide bonds. The standard InChI is InChI=1S/C23H23NO6S2/c1-29-23(26)19-7-3-5-9-21(19)32(27,28)24-12-10-16(11-13-24)22(25)30-14-17-15-31-20-8-4-2-6-18(17)20/h2-9,15-16H,10-14H2,1H3. The second kappa shape index (κ2) is 9.40. The summed E-state index contributed by atoms with van der Waals surface area (Å²) in [6.45, 7) is 0.561. The van der Waals surface area contributed by atoms with Crippen molar-refractivity contribution < 1.29 is 27.5 Å². The summed E-state index contributed by atoms with van der Waals surface area (Å²) in [5.74, 6) is -1.38. The Morgan fingerprint density at radius 3 is 2.50 bits per heavy atom. The van der Waals surface area contributed by atoms with E-state index in [1.54, 1.807) is 23.5 Å². The Bertz CT molecular complexity index is 1240. The molecule has 2 aromatic carbocycles. The molecule has 0 unspecified atom stereocenters. The van der Waals surface area contributed by atoms with Crippen molar-refractivity contribution in [1.29, 1.82) is 0 Å². The van der Waals surface area contributed by atoms with Gasteiger partial charge in [-0.1, -0.05) is 30.3 Å². The first-order valence-electron chi connectivity index (χ1n) is 10.2. The van der Waals surface area contributed by atoms with Gasteiger partial charge in [-0.2, -0.15) is 4.31 Å². The average Bonchev–Trinajstić information content (AvgIpc) is 3.25. The molecule has 0 bridgehead atoms. The maximum Gasteiger partial charge on any atom is 0.339 e. The Morgan fingerprint density at radius 2 is 1.75 bits per heavy atom. The number of methoxy groups -OCH3 is 1. The van der Waals surface area contributed by atoms with Gasteiger partial charge in [0, 0.05) is 23.4 Å². The van der Waals surface area contributed by atoms with Gasteiger partial charge < -0.3 is 9.47 Å². The van der Waals surface area contributed by atoms with Crippen LogP contribution in [0.15, 0.2) is 58.8 Å². The number of ether oxygens (including phenoxy) is 2. The van der Waals surface area contributed by atoms with Gasteiger partial charge >= 0.3 is 11.9 Å². The summed E-state index contributed by atoms with van der Waals surface area (Å²) in [6, 6.07) is 13.9. The molecule has 1 aliphatic heterocycles. The van der Waals surface area contributed by atoms with Crippen molar-refractivity contribution >= 4 is 43.4 Å². The van der Waals surface area contributed by atoms with E-state index >= 15 is 0 Å². The van der Waals surface area contributed by atoms with Gasteiger partial charge in [0.05, 0.1) is 23.5 Å². The lowest BCUT2D eigenvalue weighted by atomic mass is 9.98. The van der Waals surface area contributed by atoms with Gasteiger partial charge in [-0.25, -0.2) is 13.2 Å². The smallest absolute Gasteiger partial charge is 0.339 e. The molecule has 1 aliphatic rings. The number of carbonyl (C=O) groups is 2. The summed E-state index contributed by atoms with van der Waals surface area (Å²) in [4.78, 5) is 24.5. The molecule has 0 spiro atoms. The molecule has 3 aromatic rings. The van der Waals surface area contributed by atoms with E-state index < -0.39 is 16.0 Å². The third-order valence-corrected chi connectivity index (χ3v) is 8.60. The first kappa shape index (κ1) is 22.4. The zero-order chi connectivity index (χ0) is 22.7. The van der Waals surface area contributed by atoms with E-state index in [0.29, 0.717) is 12.8 Å². The van der Waals surface area contributed by atoms with E-state index in [9.17, 15) is 18.0 Å². The number of sulfonamides is 1. The van der Waals surface area contributed by atoms with Crippen LogP contribution in [-0.4, -0.2) is 44.9 Å². The summed E-state index contributed by atoms with van der Waals surface area (Å²) < 4.78 is 38.9. The minimum Gasteiger partial charge on any atom is -0.465 e. The second-order valence-corrected chi connectivity index (χ2v) is 10.3. The number of esters is 2. The predicted octanol–water partition coefficient (Wildman–Crippen LogP) is 3.83. The third kappa shape index (κ3) is 4.41. The number of benzene rings is 2. The van der Waals surface area contributed by atoms with Gasteiger partial charge in [0.2, 0.25) is 10.0 Å². The highest BCUT2D eigenvalue weighted by atomic mass is 32.2. The highest BCUT2D eigenvalue weighted by molar-refractivity contribution is 7.89. The number of carbonyl (C=O) groups excluding carboxylic acids is 2. The van der Waals surface area contributed by atoms with Crippen LogP contribution in [0.4, 0.5) is 0 Å². The molecule has 168 valence electrons. The lowest BCUT2D eigenvalue weighted by molar-refractivity contribution is -0.151. The van der Waals surface area contributed by atoms with Crippen LogP contribution < -0.4 is 0 Å². The first-order chi connectivity index (χ1) is 15.4. The van der Waals surface area contributed by atoms with Gasteiger partial charge in [-0.05, 0) is 41.8 Å². The van der Waals surface area contributed by atoms with Crippen molar-refractivity contribution in [3.63, 3.8) is 0 Å². The van der Waals surface area contributed by atoms with Crippen molar-refractivity contribution in [2.75, 3.05) is 20.2 Å². The Hall–Kier alpha value is -2.75. The van der Waals surface area contributed by atoms with Crippen LogP contribution in [-0.2, 0) is 30.9 Å². The fraction of sp³-hybridized carbons (Fsp3) is 0.304. The van der Waals surface area contributed by atoms with E-state index in [-0.39, 0.29) is 42.0 Å². The molecule has 0 atom stereocenters. The zero-order valence-electron chi connectivity index (χ0n) is 17.5. The minimum atomic E-state index is -3.89. The third-order valence-electron chi connectivity index (χ3n) is 5.63. The minimum absolute atomic E-state index is 0.000442. The maximum absolute atomic E-state index is 13.1. The van der Waals surface area contributed by atoms with Gasteiger partial charge in [0.25, 0.3) is 0 Å². The van der Waals surface area contributed by atoms with Gasteiger partial charge in [-0.3, -0.25) is 4.79 Å². The van der Waals surface area contributed by atoms with Crippen molar-refractivity contribution in [1.82, 2.24) is 4.31 Å². The molecule has 1 fully saturated rings. The van der Waals surface area contributed by atoms with Crippen molar-refractivity contribution in [3.8, 4) is 0 Å². The van der Waals surface area contributed by atoms with Crippen molar-refractivity contribution in [2.24, 2.45) is 5.92 Å². The summed E-state index contributed by atoms with van der Waals surface area (Å²) in [7, 11) is -2.68. The Kier molecular flexibility index (Phi) is 6.59. The lowest BCUT2D eigenvalue weighted by Crippen LogP contribution is -2.41. The second-order valence-electron chi connectivity index (χ2n) is 7.53. The number of fused-ring (bicyclic) bond motifs is 1. The molecule has 0 saturated carbocycles. The van der Waals surface area contributed by atoms with Crippen LogP contribution in [0.5, 0.6) is 0 Å². The Balaban J connectivity index is 1.38. The largest absolute Gasteiger partial charge is 0.465 e. The molecule has 1 aromatic heterocycles. The van der Waals surface area contributed by atoms with Crippen LogP contribution >= 0.6 is 11.3 Å². The average molecular weight is 474 g/mol. The summed E-state index contributed by atoms with van der Waals surface area (Å²) in [6.07, 6.45) is 0.728. The fourth-order valence-corrected chi connectivity index (χ4v) is 6.45. The van der Waals surface area contributed by atoms with Crippen LogP contribution in [0.3, 0.4) is 0 Å². The Morgan fingerprint density at radius 1 is 1.06 bits per heavy atom. The van der Waals surface area contributed by atoms with Crippen LogP contribution in [0.25, 0.3) is 10.1 Å². The number of piperidine rings is 1. The lowest BCUT2D eigenvalue weighted by Gasteiger charge is -2.30. The van der Waals surface area contributed by atoms with Gasteiger partial charge in [0.15, 0.2) is 0 Å². The van der Waals surface area contributed by atoms with Crippen molar-refractivity contribution in [2.45, 2.75) is 24.3 Å². The summed E-state index contributed by atoms with van der Waals surface area (Å²) >= 11 is 1.61. The summed E-state index contributed by atoms with van der Waals surface area (Å²) in [5, 5.41) is 3.07. The van der Waals surface area contributed by atoms with Crippen LogP contribution in [0.1, 0.15) is 28.8 Å². The quantitative estimate of drug-likeness (QED) is 0.506. The SMILES string of the molecule is COC(=O)c1ccccc1S(=O)(=O)N1CCC(C(=O)OCc2csc3ccccc23)CC1. The summed E-state index contributed by atoms with van der Waals surface area (Å²) in [5.41, 5.74) is 0.970. The molecule has 4 rings (SSSR count). The number of hydrogen-bond acceptors (Lipinski definition) is 7. The van der Waals surface area contributed by atoms with Crippen LogP contribution in [0.2, 0.25) is 0 Å². The Labute approximate surface area is 190 Å². The van der Waals surface area contributed by atoms with Crippen LogP contribution in [0, 0.1) is 5.92 Å². The maximum atomic E-state index is 13.1. The monoisotopic (exact) mass is 473 g/mol. The van der Waals surface area contributed by atoms with Crippen molar-refractivity contribution in [3.05, 3.63) is 65.0 Å². The molecule has 0 N–H and O–H groups in total. The highest BCUT2D eigenvalue weighted by Crippen LogP contribution is 2.29. The van der Waals surface area contributed by atoms with E-state index in [0.717, 1.165) is 15.6 Å². The molecule has 0 radical (unpaired) electrons. The first-order valence-corrected chi connectivity index (χ1v) is 12.5. The van der Waals surface area contributed by atoms with E-state index in [4.69, 9.17) is 9.47 Å². The molecule has 9 heteroatoms. The number of hydrogen-bond donors (Lipinski definition) is 0. The topological polar surface area (TPSA) is 90.0 Å². The fourth-order valence-electron chi connectivity index (χ4n) is 3.85. The normalized spacial score (nSPS) is 15.5. The number of nitrogens with zero attached hydrogens (tertiary/aromatic N) is 1. The predicted molar refractivity (Wildman–Crippen MR) is 121 cm³/mol. The molecular formula is C23H23NO6S2. The van der Waals surface area contributed by atoms with Gasteiger partial charge in [-0.15, -0.1) is 11.3 Å². The molecule has 0 aliphatic carbocycles.